The van der Waals surface area contributed by atoms with Crippen LogP contribution in [0.4, 0.5) is 5.69 Å². The van der Waals surface area contributed by atoms with Crippen molar-refractivity contribution in [3.63, 3.8) is 0 Å². The second kappa shape index (κ2) is 12.3. The molecule has 2 aliphatic heterocycles. The second-order valence-electron chi connectivity index (χ2n) is 10.1. The highest BCUT2D eigenvalue weighted by molar-refractivity contribution is 5.96. The molecule has 202 valence electrons. The number of pyridine rings is 1. The van der Waals surface area contributed by atoms with Gasteiger partial charge in [0, 0.05) is 56.9 Å². The molecule has 3 aromatic rings. The van der Waals surface area contributed by atoms with E-state index >= 15 is 0 Å². The van der Waals surface area contributed by atoms with Crippen molar-refractivity contribution in [1.82, 2.24) is 15.2 Å². The van der Waals surface area contributed by atoms with E-state index in [1.165, 1.54) is 6.20 Å². The summed E-state index contributed by atoms with van der Waals surface area (Å²) in [5, 5.41) is 21.0. The first kappa shape index (κ1) is 26.7. The maximum absolute atomic E-state index is 13.0. The number of piperidine rings is 2. The highest BCUT2D eigenvalue weighted by Crippen LogP contribution is 2.22. The maximum Gasteiger partial charge on any atom is 0.272 e. The summed E-state index contributed by atoms with van der Waals surface area (Å²) < 4.78 is 6.01. The van der Waals surface area contributed by atoms with Gasteiger partial charge in [0.1, 0.15) is 17.5 Å². The van der Waals surface area contributed by atoms with E-state index in [0.717, 1.165) is 37.4 Å². The van der Waals surface area contributed by atoms with E-state index in [1.807, 2.05) is 24.3 Å². The molecular weight excluding hydrogens is 504 g/mol. The van der Waals surface area contributed by atoms with Crippen LogP contribution in [0.5, 0.6) is 5.75 Å². The minimum Gasteiger partial charge on any atom is -0.490 e. The number of nitrogens with one attached hydrogen (secondary N) is 1. The van der Waals surface area contributed by atoms with Crippen LogP contribution in [0.15, 0.2) is 66.9 Å². The lowest BCUT2D eigenvalue weighted by Crippen LogP contribution is -2.44. The summed E-state index contributed by atoms with van der Waals surface area (Å²) in [6, 6.07) is 22.2. The van der Waals surface area contributed by atoms with Crippen LogP contribution in [0, 0.1) is 22.7 Å². The molecule has 0 aliphatic carbocycles. The molecule has 9 heteroatoms. The third kappa shape index (κ3) is 6.39. The Bertz CT molecular complexity index is 1410. The molecule has 0 bridgehead atoms. The summed E-state index contributed by atoms with van der Waals surface area (Å²) in [4.78, 5) is 34.1. The van der Waals surface area contributed by atoms with Crippen LogP contribution in [0.1, 0.15) is 57.7 Å². The molecule has 2 aromatic carbocycles. The summed E-state index contributed by atoms with van der Waals surface area (Å²) in [7, 11) is 0. The Morgan fingerprint density at radius 3 is 2.02 bits per heavy atom. The Labute approximate surface area is 233 Å². The van der Waals surface area contributed by atoms with Crippen LogP contribution in [0.3, 0.4) is 0 Å². The number of benzene rings is 2. The third-order valence-electron chi connectivity index (χ3n) is 7.45. The summed E-state index contributed by atoms with van der Waals surface area (Å²) in [6.07, 6.45) is 4.52. The SMILES string of the molecule is N#Cc1ccc(OC2CCN(C(=O)c3ccc(C(=O)NC4CCN(c5ccc(C#N)cc5)CC4)cn3)CC2)cc1. The van der Waals surface area contributed by atoms with Crippen molar-refractivity contribution in [2.45, 2.75) is 37.8 Å². The van der Waals surface area contributed by atoms with Gasteiger partial charge in [0.2, 0.25) is 0 Å². The molecule has 5 rings (SSSR count). The molecular formula is C31H30N6O3. The number of rotatable bonds is 6. The third-order valence-corrected chi connectivity index (χ3v) is 7.45. The largest absolute Gasteiger partial charge is 0.490 e. The average Bonchev–Trinajstić information content (AvgIpc) is 3.02. The summed E-state index contributed by atoms with van der Waals surface area (Å²) in [6.45, 7) is 2.76. The van der Waals surface area contributed by atoms with Crippen molar-refractivity contribution >= 4 is 17.5 Å². The molecule has 1 N–H and O–H groups in total. The van der Waals surface area contributed by atoms with Gasteiger partial charge in [-0.25, -0.2) is 0 Å². The number of carbonyl (C=O) groups is 2. The molecule has 0 atom stereocenters. The van der Waals surface area contributed by atoms with E-state index in [1.54, 1.807) is 41.3 Å². The van der Waals surface area contributed by atoms with E-state index < -0.39 is 0 Å². The van der Waals surface area contributed by atoms with E-state index in [0.29, 0.717) is 48.3 Å². The van der Waals surface area contributed by atoms with Crippen LogP contribution in [-0.2, 0) is 0 Å². The van der Waals surface area contributed by atoms with Crippen LogP contribution in [-0.4, -0.2) is 60.0 Å². The van der Waals surface area contributed by atoms with Gasteiger partial charge >= 0.3 is 0 Å². The van der Waals surface area contributed by atoms with Crippen LogP contribution < -0.4 is 15.0 Å². The number of nitrogens with zero attached hydrogens (tertiary/aromatic N) is 5. The number of likely N-dealkylation sites (tertiary alicyclic amines) is 1. The highest BCUT2D eigenvalue weighted by atomic mass is 16.5. The Hall–Kier alpha value is -4.89. The van der Waals surface area contributed by atoms with Crippen LogP contribution >= 0.6 is 0 Å². The first-order chi connectivity index (χ1) is 19.5. The van der Waals surface area contributed by atoms with Crippen molar-refractivity contribution in [3.8, 4) is 17.9 Å². The molecule has 2 aliphatic rings. The molecule has 0 radical (unpaired) electrons. The van der Waals surface area contributed by atoms with Gasteiger partial charge in [-0.3, -0.25) is 14.6 Å². The van der Waals surface area contributed by atoms with Gasteiger partial charge in [-0.05, 0) is 73.5 Å². The van der Waals surface area contributed by atoms with E-state index in [-0.39, 0.29) is 24.0 Å². The topological polar surface area (TPSA) is 122 Å². The van der Waals surface area contributed by atoms with Gasteiger partial charge in [0.05, 0.1) is 28.8 Å². The van der Waals surface area contributed by atoms with Gasteiger partial charge in [-0.2, -0.15) is 10.5 Å². The number of anilines is 1. The fraction of sp³-hybridized carbons (Fsp3) is 0.323. The zero-order valence-corrected chi connectivity index (χ0v) is 22.1. The number of carbonyl (C=O) groups excluding carboxylic acids is 2. The fourth-order valence-corrected chi connectivity index (χ4v) is 5.09. The second-order valence-corrected chi connectivity index (χ2v) is 10.1. The standard InChI is InChI=1S/C31H30N6O3/c32-19-22-1-6-26(7-2-22)36-15-11-25(12-16-36)35-30(38)24-5-10-29(34-21-24)31(39)37-17-13-28(14-18-37)40-27-8-3-23(20-33)4-9-27/h1-10,21,25,28H,11-18H2,(H,35,38). The lowest BCUT2D eigenvalue weighted by molar-refractivity contribution is 0.0589. The predicted molar refractivity (Wildman–Crippen MR) is 149 cm³/mol. The Morgan fingerprint density at radius 1 is 0.825 bits per heavy atom. The number of aromatic nitrogens is 1. The molecule has 2 fully saturated rings. The minimum atomic E-state index is -0.191. The molecule has 0 unspecified atom stereocenters. The first-order valence-corrected chi connectivity index (χ1v) is 13.5. The highest BCUT2D eigenvalue weighted by Gasteiger charge is 2.26. The zero-order valence-electron chi connectivity index (χ0n) is 22.1. The Balaban J connectivity index is 1.07. The molecule has 40 heavy (non-hydrogen) atoms. The number of hydrogen-bond acceptors (Lipinski definition) is 7. The Morgan fingerprint density at radius 2 is 1.45 bits per heavy atom. The van der Waals surface area contributed by atoms with Crippen molar-refractivity contribution in [2.75, 3.05) is 31.1 Å². The molecule has 2 amide bonds. The molecule has 1 aromatic heterocycles. The van der Waals surface area contributed by atoms with Gasteiger partial charge in [0.15, 0.2) is 0 Å². The van der Waals surface area contributed by atoms with Crippen molar-refractivity contribution in [1.29, 1.82) is 10.5 Å². The summed E-state index contributed by atoms with van der Waals surface area (Å²) in [5.74, 6) is 0.374. The lowest BCUT2D eigenvalue weighted by atomic mass is 10.0. The summed E-state index contributed by atoms with van der Waals surface area (Å²) in [5.41, 5.74) is 3.06. The number of amides is 2. The van der Waals surface area contributed by atoms with Gasteiger partial charge in [-0.15, -0.1) is 0 Å². The quantitative estimate of drug-likeness (QED) is 0.509. The van der Waals surface area contributed by atoms with Crippen molar-refractivity contribution in [2.24, 2.45) is 0 Å². The first-order valence-electron chi connectivity index (χ1n) is 13.5. The Kier molecular flexibility index (Phi) is 8.22. The molecule has 0 spiro atoms. The van der Waals surface area contributed by atoms with Crippen molar-refractivity contribution in [3.05, 3.63) is 89.2 Å². The zero-order chi connectivity index (χ0) is 27.9. The average molecular weight is 535 g/mol. The van der Waals surface area contributed by atoms with Gasteiger partial charge in [-0.1, -0.05) is 0 Å². The maximum atomic E-state index is 13.0. The fourth-order valence-electron chi connectivity index (χ4n) is 5.09. The number of hydrogen-bond donors (Lipinski definition) is 1. The predicted octanol–water partition coefficient (Wildman–Crippen LogP) is 3.91. The van der Waals surface area contributed by atoms with E-state index in [2.05, 4.69) is 27.3 Å². The van der Waals surface area contributed by atoms with Crippen molar-refractivity contribution < 1.29 is 14.3 Å². The normalized spacial score (nSPS) is 16.1. The molecule has 2 saturated heterocycles. The van der Waals surface area contributed by atoms with E-state index in [4.69, 9.17) is 15.3 Å². The molecule has 3 heterocycles. The van der Waals surface area contributed by atoms with E-state index in [9.17, 15) is 9.59 Å². The smallest absolute Gasteiger partial charge is 0.272 e. The number of nitriles is 2. The van der Waals surface area contributed by atoms with Gasteiger partial charge in [0.25, 0.3) is 11.8 Å². The molecule has 9 nitrogen and oxygen atoms in total. The van der Waals surface area contributed by atoms with Crippen LogP contribution in [0.25, 0.3) is 0 Å². The lowest BCUT2D eigenvalue weighted by Gasteiger charge is -2.34. The summed E-state index contributed by atoms with van der Waals surface area (Å²) >= 11 is 0. The number of ether oxygens (including phenoxy) is 1. The monoisotopic (exact) mass is 534 g/mol. The minimum absolute atomic E-state index is 0.00648. The van der Waals surface area contributed by atoms with Crippen LogP contribution in [0.2, 0.25) is 0 Å². The molecule has 0 saturated carbocycles. The van der Waals surface area contributed by atoms with Gasteiger partial charge < -0.3 is 19.9 Å².